The molecule has 1 aromatic heterocycles. The highest BCUT2D eigenvalue weighted by Gasteiger charge is 2.15. The van der Waals surface area contributed by atoms with Gasteiger partial charge in [-0.05, 0) is 35.6 Å². The van der Waals surface area contributed by atoms with Crippen molar-refractivity contribution in [2.45, 2.75) is 19.8 Å². The molecule has 2 rings (SSSR count). The van der Waals surface area contributed by atoms with E-state index in [1.807, 2.05) is 6.92 Å². The molecule has 5 heteroatoms. The number of halogens is 1. The van der Waals surface area contributed by atoms with Crippen molar-refractivity contribution in [3.8, 4) is 0 Å². The monoisotopic (exact) mass is 250 g/mol. The van der Waals surface area contributed by atoms with Gasteiger partial charge in [0.25, 0.3) is 0 Å². The van der Waals surface area contributed by atoms with Crippen molar-refractivity contribution in [2.75, 3.05) is 0 Å². The Balaban J connectivity index is 2.17. The third kappa shape index (κ3) is 2.74. The van der Waals surface area contributed by atoms with E-state index in [9.17, 15) is 9.18 Å². The zero-order valence-corrected chi connectivity index (χ0v) is 10.1. The van der Waals surface area contributed by atoms with E-state index < -0.39 is 0 Å². The van der Waals surface area contributed by atoms with E-state index in [0.29, 0.717) is 16.9 Å². The maximum absolute atomic E-state index is 13.0. The molecule has 0 aliphatic heterocycles. The van der Waals surface area contributed by atoms with Gasteiger partial charge < -0.3 is 0 Å². The summed E-state index contributed by atoms with van der Waals surface area (Å²) in [6.07, 6.45) is 0.870. The molecule has 2 aromatic rings. The van der Waals surface area contributed by atoms with Crippen LogP contribution in [0.5, 0.6) is 0 Å². The van der Waals surface area contributed by atoms with Gasteiger partial charge in [0, 0.05) is 6.42 Å². The lowest BCUT2D eigenvalue weighted by atomic mass is 10.1. The number of Topliss-reactive ketones (excluding diaryl/α,β-unsaturated/α-hetero) is 1. The first-order chi connectivity index (χ1) is 8.20. The standard InChI is InChI=1S/C12H11FN2OS/c1-2-10-12(17-15-14-10)11(16)7-8-4-3-5-9(13)6-8/h3-6H,2,7H2,1H3. The summed E-state index contributed by atoms with van der Waals surface area (Å²) in [6.45, 7) is 1.93. The number of aromatic nitrogens is 2. The van der Waals surface area contributed by atoms with E-state index in [2.05, 4.69) is 9.59 Å². The largest absolute Gasteiger partial charge is 0.293 e. The summed E-state index contributed by atoms with van der Waals surface area (Å²) in [4.78, 5) is 12.6. The molecule has 1 aromatic carbocycles. The number of carbonyl (C=O) groups excluding carboxylic acids is 1. The summed E-state index contributed by atoms with van der Waals surface area (Å²) in [7, 11) is 0. The normalized spacial score (nSPS) is 10.5. The first-order valence-electron chi connectivity index (χ1n) is 5.29. The molecule has 17 heavy (non-hydrogen) atoms. The second-order valence-electron chi connectivity index (χ2n) is 3.63. The van der Waals surface area contributed by atoms with Gasteiger partial charge in [-0.3, -0.25) is 4.79 Å². The van der Waals surface area contributed by atoms with E-state index in [-0.39, 0.29) is 18.0 Å². The van der Waals surface area contributed by atoms with E-state index in [0.717, 1.165) is 17.2 Å². The van der Waals surface area contributed by atoms with Crippen LogP contribution >= 0.6 is 11.5 Å². The topological polar surface area (TPSA) is 42.9 Å². The van der Waals surface area contributed by atoms with E-state index >= 15 is 0 Å². The van der Waals surface area contributed by atoms with Crippen LogP contribution in [0.25, 0.3) is 0 Å². The van der Waals surface area contributed by atoms with Crippen LogP contribution in [0, 0.1) is 5.82 Å². The predicted molar refractivity (Wildman–Crippen MR) is 63.7 cm³/mol. The molecular weight excluding hydrogens is 239 g/mol. The van der Waals surface area contributed by atoms with Crippen LogP contribution in [0.2, 0.25) is 0 Å². The lowest BCUT2D eigenvalue weighted by Gasteiger charge is -2.00. The van der Waals surface area contributed by atoms with Crippen molar-refractivity contribution >= 4 is 17.3 Å². The fourth-order valence-corrected chi connectivity index (χ4v) is 2.25. The van der Waals surface area contributed by atoms with Crippen molar-refractivity contribution in [2.24, 2.45) is 0 Å². The average Bonchev–Trinajstić information content (AvgIpc) is 2.77. The lowest BCUT2D eigenvalue weighted by molar-refractivity contribution is 0.0996. The number of rotatable bonds is 4. The van der Waals surface area contributed by atoms with Crippen LogP contribution in [0.3, 0.4) is 0 Å². The number of ketones is 1. The van der Waals surface area contributed by atoms with Gasteiger partial charge >= 0.3 is 0 Å². The lowest BCUT2D eigenvalue weighted by Crippen LogP contribution is -2.04. The number of carbonyl (C=O) groups is 1. The van der Waals surface area contributed by atoms with Gasteiger partial charge in [0.1, 0.15) is 10.7 Å². The van der Waals surface area contributed by atoms with E-state index in [4.69, 9.17) is 0 Å². The molecule has 0 saturated carbocycles. The van der Waals surface area contributed by atoms with Gasteiger partial charge in [0.2, 0.25) is 0 Å². The molecule has 3 nitrogen and oxygen atoms in total. The second kappa shape index (κ2) is 5.14. The average molecular weight is 250 g/mol. The fourth-order valence-electron chi connectivity index (χ4n) is 1.56. The molecule has 0 radical (unpaired) electrons. The SMILES string of the molecule is CCc1nnsc1C(=O)Cc1cccc(F)c1. The fraction of sp³-hybridized carbons (Fsp3) is 0.250. The smallest absolute Gasteiger partial charge is 0.180 e. The minimum Gasteiger partial charge on any atom is -0.293 e. The molecule has 0 aliphatic carbocycles. The molecule has 88 valence electrons. The van der Waals surface area contributed by atoms with Gasteiger partial charge in [-0.25, -0.2) is 4.39 Å². The van der Waals surface area contributed by atoms with Gasteiger partial charge in [0.15, 0.2) is 5.78 Å². The highest BCUT2D eigenvalue weighted by atomic mass is 32.1. The van der Waals surface area contributed by atoms with Gasteiger partial charge in [-0.15, -0.1) is 5.10 Å². The molecule has 0 amide bonds. The van der Waals surface area contributed by atoms with Gasteiger partial charge in [-0.2, -0.15) is 0 Å². The molecule has 1 heterocycles. The first-order valence-corrected chi connectivity index (χ1v) is 6.07. The summed E-state index contributed by atoms with van der Waals surface area (Å²) < 4.78 is 16.7. The molecule has 0 N–H and O–H groups in total. The summed E-state index contributed by atoms with van der Waals surface area (Å²) >= 11 is 1.10. The summed E-state index contributed by atoms with van der Waals surface area (Å²) in [5.74, 6) is -0.379. The third-order valence-electron chi connectivity index (χ3n) is 2.40. The Kier molecular flexibility index (Phi) is 3.58. The Morgan fingerprint density at radius 3 is 3.00 bits per heavy atom. The van der Waals surface area contributed by atoms with Crippen molar-refractivity contribution in [1.82, 2.24) is 9.59 Å². The minimum absolute atomic E-state index is 0.0533. The van der Waals surface area contributed by atoms with Crippen molar-refractivity contribution < 1.29 is 9.18 Å². The Hall–Kier alpha value is -1.62. The zero-order chi connectivity index (χ0) is 12.3. The maximum Gasteiger partial charge on any atom is 0.180 e. The van der Waals surface area contributed by atoms with E-state index in [1.54, 1.807) is 12.1 Å². The van der Waals surface area contributed by atoms with E-state index in [1.165, 1.54) is 12.1 Å². The number of hydrogen-bond donors (Lipinski definition) is 0. The summed E-state index contributed by atoms with van der Waals surface area (Å²) in [5.41, 5.74) is 1.39. The maximum atomic E-state index is 13.0. The Bertz CT molecular complexity index is 539. The van der Waals surface area contributed by atoms with Crippen LogP contribution in [0.4, 0.5) is 4.39 Å². The first kappa shape index (κ1) is 11.9. The van der Waals surface area contributed by atoms with Crippen LogP contribution in [-0.4, -0.2) is 15.4 Å². The number of nitrogens with zero attached hydrogens (tertiary/aromatic N) is 2. The van der Waals surface area contributed by atoms with Crippen molar-refractivity contribution in [3.63, 3.8) is 0 Å². The molecule has 0 unspecified atom stereocenters. The molecule has 0 aliphatic rings. The predicted octanol–water partition coefficient (Wildman–Crippen LogP) is 2.67. The summed E-state index contributed by atoms with van der Waals surface area (Å²) in [6, 6.07) is 6.07. The van der Waals surface area contributed by atoms with Crippen LogP contribution in [-0.2, 0) is 12.8 Å². The molecular formula is C12H11FN2OS. The number of aryl methyl sites for hydroxylation is 1. The van der Waals surface area contributed by atoms with Crippen LogP contribution < -0.4 is 0 Å². The van der Waals surface area contributed by atoms with Crippen LogP contribution in [0.1, 0.15) is 27.9 Å². The molecule has 0 fully saturated rings. The molecule has 0 bridgehead atoms. The number of hydrogen-bond acceptors (Lipinski definition) is 4. The molecule has 0 atom stereocenters. The second-order valence-corrected chi connectivity index (χ2v) is 4.39. The highest BCUT2D eigenvalue weighted by Crippen LogP contribution is 2.15. The third-order valence-corrected chi connectivity index (χ3v) is 3.21. The summed E-state index contributed by atoms with van der Waals surface area (Å²) in [5, 5.41) is 3.89. The minimum atomic E-state index is -0.326. The van der Waals surface area contributed by atoms with Gasteiger partial charge in [-0.1, -0.05) is 23.5 Å². The molecule has 0 spiro atoms. The molecule has 0 saturated heterocycles. The zero-order valence-electron chi connectivity index (χ0n) is 9.31. The number of benzene rings is 1. The van der Waals surface area contributed by atoms with Gasteiger partial charge in [0.05, 0.1) is 5.69 Å². The quantitative estimate of drug-likeness (QED) is 0.783. The Labute approximate surface area is 102 Å². The Morgan fingerprint density at radius 1 is 1.47 bits per heavy atom. The Morgan fingerprint density at radius 2 is 2.29 bits per heavy atom. The van der Waals surface area contributed by atoms with Crippen molar-refractivity contribution in [3.05, 3.63) is 46.2 Å². The highest BCUT2D eigenvalue weighted by molar-refractivity contribution is 7.08. The van der Waals surface area contributed by atoms with Crippen LogP contribution in [0.15, 0.2) is 24.3 Å². The van der Waals surface area contributed by atoms with Crippen molar-refractivity contribution in [1.29, 1.82) is 0 Å².